The largest absolute Gasteiger partial charge is 0.395 e. The first-order chi connectivity index (χ1) is 7.35. The van der Waals surface area contributed by atoms with Gasteiger partial charge in [0, 0.05) is 17.9 Å². The summed E-state index contributed by atoms with van der Waals surface area (Å²) in [7, 11) is 0. The highest BCUT2D eigenvalue weighted by Gasteiger charge is 2.05. The van der Waals surface area contributed by atoms with Gasteiger partial charge in [-0.25, -0.2) is 4.98 Å². The topological polar surface area (TPSA) is 73.8 Å². The van der Waals surface area contributed by atoms with E-state index in [0.29, 0.717) is 6.54 Å². The molecule has 0 spiro atoms. The number of nitrogens with zero attached hydrogens (tertiary/aromatic N) is 2. The van der Waals surface area contributed by atoms with Gasteiger partial charge >= 0.3 is 0 Å². The summed E-state index contributed by atoms with van der Waals surface area (Å²) in [6.45, 7) is 2.71. The van der Waals surface area contributed by atoms with Crippen LogP contribution in [0.3, 0.4) is 0 Å². The summed E-state index contributed by atoms with van der Waals surface area (Å²) in [5.41, 5.74) is 2.77. The number of fused-ring (bicyclic) bond motifs is 1. The predicted octanol–water partition coefficient (Wildman–Crippen LogP) is 0.924. The fourth-order valence-corrected chi connectivity index (χ4v) is 1.50. The molecular formula is C10H14N4O. The number of aliphatic hydroxyl groups is 1. The molecule has 2 aromatic heterocycles. The average molecular weight is 206 g/mol. The highest BCUT2D eigenvalue weighted by atomic mass is 16.3. The van der Waals surface area contributed by atoms with Crippen molar-refractivity contribution in [3.05, 3.63) is 18.0 Å². The zero-order valence-electron chi connectivity index (χ0n) is 8.62. The van der Waals surface area contributed by atoms with Crippen molar-refractivity contribution in [2.75, 3.05) is 18.5 Å². The van der Waals surface area contributed by atoms with Crippen LogP contribution in [0.1, 0.15) is 12.6 Å². The Kier molecular flexibility index (Phi) is 2.82. The molecule has 0 aliphatic carbocycles. The molecule has 0 radical (unpaired) electrons. The minimum absolute atomic E-state index is 0.114. The summed E-state index contributed by atoms with van der Waals surface area (Å²) < 4.78 is 0. The van der Waals surface area contributed by atoms with E-state index >= 15 is 0 Å². The monoisotopic (exact) mass is 206 g/mol. The Hall–Kier alpha value is -1.62. The van der Waals surface area contributed by atoms with E-state index in [4.69, 9.17) is 5.11 Å². The predicted molar refractivity (Wildman–Crippen MR) is 58.8 cm³/mol. The second-order valence-electron chi connectivity index (χ2n) is 3.30. The average Bonchev–Trinajstić information content (AvgIpc) is 2.73. The molecule has 3 N–H and O–H groups in total. The van der Waals surface area contributed by atoms with Crippen molar-refractivity contribution in [3.8, 4) is 0 Å². The standard InChI is InChI=1S/C10H14N4O/c1-2-7-5-9(11-3-4-15)8-6-12-14-10(8)13-7/h5-6,15H,2-4H2,1H3,(H2,11,12,13,14). The number of aliphatic hydroxyl groups excluding tert-OH is 1. The van der Waals surface area contributed by atoms with Crippen molar-refractivity contribution in [1.82, 2.24) is 15.2 Å². The Labute approximate surface area is 87.5 Å². The third-order valence-corrected chi connectivity index (χ3v) is 2.27. The molecule has 2 aromatic rings. The SMILES string of the molecule is CCc1cc(NCCO)c2cn[nH]c2n1. The van der Waals surface area contributed by atoms with Gasteiger partial charge in [-0.2, -0.15) is 5.10 Å². The second-order valence-corrected chi connectivity index (χ2v) is 3.30. The number of hydrogen-bond donors (Lipinski definition) is 3. The molecular weight excluding hydrogens is 192 g/mol. The van der Waals surface area contributed by atoms with E-state index in [1.165, 1.54) is 0 Å². The van der Waals surface area contributed by atoms with Gasteiger partial charge in [-0.15, -0.1) is 0 Å². The third kappa shape index (κ3) is 1.92. The summed E-state index contributed by atoms with van der Waals surface area (Å²) in [5, 5.41) is 19.7. The number of pyridine rings is 1. The van der Waals surface area contributed by atoms with Crippen LogP contribution in [0.15, 0.2) is 12.3 Å². The lowest BCUT2D eigenvalue weighted by Crippen LogP contribution is -2.06. The van der Waals surface area contributed by atoms with Crippen LogP contribution in [-0.4, -0.2) is 33.4 Å². The molecule has 0 aliphatic heterocycles. The summed E-state index contributed by atoms with van der Waals surface area (Å²) in [5.74, 6) is 0. The van der Waals surface area contributed by atoms with E-state index in [2.05, 4.69) is 27.4 Å². The van der Waals surface area contributed by atoms with Crippen molar-refractivity contribution in [2.24, 2.45) is 0 Å². The smallest absolute Gasteiger partial charge is 0.157 e. The van der Waals surface area contributed by atoms with E-state index < -0.39 is 0 Å². The van der Waals surface area contributed by atoms with Crippen LogP contribution in [0.4, 0.5) is 5.69 Å². The quantitative estimate of drug-likeness (QED) is 0.695. The molecule has 0 unspecified atom stereocenters. The molecule has 0 fully saturated rings. The molecule has 2 heterocycles. The second kappa shape index (κ2) is 4.27. The zero-order valence-corrected chi connectivity index (χ0v) is 8.62. The van der Waals surface area contributed by atoms with Crippen LogP contribution in [0.25, 0.3) is 11.0 Å². The minimum Gasteiger partial charge on any atom is -0.395 e. The first-order valence-electron chi connectivity index (χ1n) is 5.03. The summed E-state index contributed by atoms with van der Waals surface area (Å²) >= 11 is 0. The maximum absolute atomic E-state index is 8.78. The first kappa shape index (κ1) is 9.92. The summed E-state index contributed by atoms with van der Waals surface area (Å²) in [4.78, 5) is 4.40. The normalized spacial score (nSPS) is 10.8. The number of aromatic amines is 1. The fourth-order valence-electron chi connectivity index (χ4n) is 1.50. The van der Waals surface area contributed by atoms with Gasteiger partial charge < -0.3 is 10.4 Å². The summed E-state index contributed by atoms with van der Waals surface area (Å²) in [6, 6.07) is 1.99. The van der Waals surface area contributed by atoms with Gasteiger partial charge in [0.15, 0.2) is 5.65 Å². The lowest BCUT2D eigenvalue weighted by Gasteiger charge is -2.07. The molecule has 0 bridgehead atoms. The Morgan fingerprint density at radius 2 is 2.40 bits per heavy atom. The number of aromatic nitrogens is 3. The van der Waals surface area contributed by atoms with Gasteiger partial charge in [-0.3, -0.25) is 5.10 Å². The molecule has 0 saturated heterocycles. The van der Waals surface area contributed by atoms with Gasteiger partial charge in [-0.1, -0.05) is 6.92 Å². The van der Waals surface area contributed by atoms with Gasteiger partial charge in [0.05, 0.1) is 18.2 Å². The molecule has 0 saturated carbocycles. The Balaban J connectivity index is 2.43. The minimum atomic E-state index is 0.114. The molecule has 5 heteroatoms. The van der Waals surface area contributed by atoms with Crippen LogP contribution < -0.4 is 5.32 Å². The van der Waals surface area contributed by atoms with E-state index in [9.17, 15) is 0 Å². The van der Waals surface area contributed by atoms with Crippen molar-refractivity contribution in [3.63, 3.8) is 0 Å². The zero-order chi connectivity index (χ0) is 10.7. The van der Waals surface area contributed by atoms with Gasteiger partial charge in [0.1, 0.15) is 0 Å². The van der Waals surface area contributed by atoms with E-state index in [-0.39, 0.29) is 6.61 Å². The number of H-pyrrole nitrogens is 1. The van der Waals surface area contributed by atoms with E-state index in [1.54, 1.807) is 6.20 Å². The van der Waals surface area contributed by atoms with Crippen LogP contribution in [0, 0.1) is 0 Å². The van der Waals surface area contributed by atoms with Crippen molar-refractivity contribution < 1.29 is 5.11 Å². The van der Waals surface area contributed by atoms with Crippen LogP contribution in [-0.2, 0) is 6.42 Å². The highest BCUT2D eigenvalue weighted by molar-refractivity contribution is 5.88. The number of nitrogens with one attached hydrogen (secondary N) is 2. The molecule has 0 amide bonds. The Morgan fingerprint density at radius 1 is 1.53 bits per heavy atom. The summed E-state index contributed by atoms with van der Waals surface area (Å²) in [6.07, 6.45) is 2.62. The lowest BCUT2D eigenvalue weighted by atomic mass is 10.2. The number of anilines is 1. The van der Waals surface area contributed by atoms with E-state index in [1.807, 2.05) is 6.07 Å². The van der Waals surface area contributed by atoms with E-state index in [0.717, 1.165) is 28.8 Å². The van der Waals surface area contributed by atoms with Crippen molar-refractivity contribution in [2.45, 2.75) is 13.3 Å². The maximum atomic E-state index is 8.78. The Morgan fingerprint density at radius 3 is 3.13 bits per heavy atom. The number of rotatable bonds is 4. The van der Waals surface area contributed by atoms with Crippen LogP contribution in [0.5, 0.6) is 0 Å². The van der Waals surface area contributed by atoms with Crippen LogP contribution in [0.2, 0.25) is 0 Å². The van der Waals surface area contributed by atoms with Gasteiger partial charge in [0.25, 0.3) is 0 Å². The molecule has 0 aliphatic rings. The van der Waals surface area contributed by atoms with Crippen molar-refractivity contribution >= 4 is 16.7 Å². The lowest BCUT2D eigenvalue weighted by molar-refractivity contribution is 0.311. The Bertz CT molecular complexity index is 452. The van der Waals surface area contributed by atoms with Crippen LogP contribution >= 0.6 is 0 Å². The molecule has 80 valence electrons. The number of hydrogen-bond acceptors (Lipinski definition) is 4. The molecule has 0 atom stereocenters. The van der Waals surface area contributed by atoms with Gasteiger partial charge in [-0.05, 0) is 12.5 Å². The maximum Gasteiger partial charge on any atom is 0.157 e. The third-order valence-electron chi connectivity index (χ3n) is 2.27. The molecule has 5 nitrogen and oxygen atoms in total. The highest BCUT2D eigenvalue weighted by Crippen LogP contribution is 2.21. The molecule has 0 aromatic carbocycles. The first-order valence-corrected chi connectivity index (χ1v) is 5.03. The molecule has 2 rings (SSSR count). The number of aryl methyl sites for hydroxylation is 1. The van der Waals surface area contributed by atoms with Gasteiger partial charge in [0.2, 0.25) is 0 Å². The van der Waals surface area contributed by atoms with Crippen molar-refractivity contribution in [1.29, 1.82) is 0 Å². The fraction of sp³-hybridized carbons (Fsp3) is 0.400. The molecule has 15 heavy (non-hydrogen) atoms.